The van der Waals surface area contributed by atoms with Crippen LogP contribution in [0.1, 0.15) is 33.1 Å². The predicted octanol–water partition coefficient (Wildman–Crippen LogP) is 0.541. The molecule has 1 aliphatic rings. The Morgan fingerprint density at radius 2 is 2.26 bits per heavy atom. The van der Waals surface area contributed by atoms with Gasteiger partial charge in [-0.25, -0.2) is 0 Å². The fourth-order valence-electron chi connectivity index (χ4n) is 2.14. The van der Waals surface area contributed by atoms with Crippen molar-refractivity contribution >= 4 is 0 Å². The molecule has 0 saturated carbocycles. The van der Waals surface area contributed by atoms with Gasteiger partial charge in [0.25, 0.3) is 0 Å². The van der Waals surface area contributed by atoms with E-state index >= 15 is 0 Å². The van der Waals surface area contributed by atoms with Crippen LogP contribution in [0.3, 0.4) is 0 Å². The lowest BCUT2D eigenvalue weighted by molar-refractivity contribution is -0.0168. The van der Waals surface area contributed by atoms with Gasteiger partial charge in [-0.1, -0.05) is 13.8 Å². The minimum absolute atomic E-state index is 0.0486. The SMILES string of the molecule is CC(C)(CCO)CNCC(O)COCC1CCCO1. The van der Waals surface area contributed by atoms with E-state index in [-0.39, 0.29) is 18.1 Å². The van der Waals surface area contributed by atoms with E-state index in [2.05, 4.69) is 19.2 Å². The van der Waals surface area contributed by atoms with Crippen LogP contribution in [0.15, 0.2) is 0 Å². The second-order valence-electron chi connectivity index (χ2n) is 6.10. The summed E-state index contributed by atoms with van der Waals surface area (Å²) < 4.78 is 10.9. The molecule has 2 unspecified atom stereocenters. The summed E-state index contributed by atoms with van der Waals surface area (Å²) in [7, 11) is 0. The number of hydrogen-bond donors (Lipinski definition) is 3. The molecule has 114 valence electrons. The van der Waals surface area contributed by atoms with Crippen LogP contribution in [0.4, 0.5) is 0 Å². The third kappa shape index (κ3) is 7.84. The van der Waals surface area contributed by atoms with E-state index in [1.165, 1.54) is 0 Å². The molecule has 3 N–H and O–H groups in total. The topological polar surface area (TPSA) is 71.0 Å². The van der Waals surface area contributed by atoms with Crippen molar-refractivity contribution in [2.75, 3.05) is 39.5 Å². The van der Waals surface area contributed by atoms with Crippen molar-refractivity contribution in [2.24, 2.45) is 5.41 Å². The van der Waals surface area contributed by atoms with Crippen LogP contribution in [0.5, 0.6) is 0 Å². The van der Waals surface area contributed by atoms with Crippen LogP contribution in [0.2, 0.25) is 0 Å². The van der Waals surface area contributed by atoms with Gasteiger partial charge in [-0.2, -0.15) is 0 Å². The first-order valence-corrected chi connectivity index (χ1v) is 7.22. The van der Waals surface area contributed by atoms with Gasteiger partial charge in [0.05, 0.1) is 25.4 Å². The summed E-state index contributed by atoms with van der Waals surface area (Å²) in [6, 6.07) is 0. The Morgan fingerprint density at radius 1 is 1.47 bits per heavy atom. The number of ether oxygens (including phenoxy) is 2. The molecular formula is C14H29NO4. The van der Waals surface area contributed by atoms with E-state index in [0.717, 1.165) is 32.4 Å². The minimum atomic E-state index is -0.494. The van der Waals surface area contributed by atoms with Gasteiger partial charge in [0, 0.05) is 26.3 Å². The maximum absolute atomic E-state index is 9.77. The van der Waals surface area contributed by atoms with E-state index in [0.29, 0.717) is 19.8 Å². The zero-order chi connectivity index (χ0) is 14.1. The van der Waals surface area contributed by atoms with Gasteiger partial charge >= 0.3 is 0 Å². The molecule has 0 aromatic heterocycles. The largest absolute Gasteiger partial charge is 0.396 e. The molecule has 5 heteroatoms. The van der Waals surface area contributed by atoms with Gasteiger partial charge < -0.3 is 25.0 Å². The minimum Gasteiger partial charge on any atom is -0.396 e. The number of nitrogens with one attached hydrogen (secondary N) is 1. The third-order valence-electron chi connectivity index (χ3n) is 3.41. The number of aliphatic hydroxyl groups is 2. The number of rotatable bonds is 10. The molecule has 5 nitrogen and oxygen atoms in total. The van der Waals surface area contributed by atoms with Crippen LogP contribution in [0, 0.1) is 5.41 Å². The molecule has 1 heterocycles. The second-order valence-corrected chi connectivity index (χ2v) is 6.10. The van der Waals surface area contributed by atoms with Gasteiger partial charge in [-0.3, -0.25) is 0 Å². The highest BCUT2D eigenvalue weighted by Crippen LogP contribution is 2.17. The zero-order valence-corrected chi connectivity index (χ0v) is 12.2. The van der Waals surface area contributed by atoms with Gasteiger partial charge in [-0.05, 0) is 24.7 Å². The standard InChI is InChI=1S/C14H29NO4/c1-14(2,5-6-16)11-15-8-12(17)9-18-10-13-4-3-7-19-13/h12-13,15-17H,3-11H2,1-2H3. The van der Waals surface area contributed by atoms with Crippen LogP contribution < -0.4 is 5.32 Å². The summed E-state index contributed by atoms with van der Waals surface area (Å²) in [4.78, 5) is 0. The molecule has 1 saturated heterocycles. The molecule has 0 aromatic rings. The van der Waals surface area contributed by atoms with E-state index in [4.69, 9.17) is 14.6 Å². The molecule has 2 atom stereocenters. The lowest BCUT2D eigenvalue weighted by Gasteiger charge is -2.24. The molecular weight excluding hydrogens is 246 g/mol. The highest BCUT2D eigenvalue weighted by atomic mass is 16.5. The van der Waals surface area contributed by atoms with Crippen LogP contribution >= 0.6 is 0 Å². The molecule has 0 spiro atoms. The van der Waals surface area contributed by atoms with Crippen LogP contribution in [0.25, 0.3) is 0 Å². The highest BCUT2D eigenvalue weighted by molar-refractivity contribution is 4.72. The van der Waals surface area contributed by atoms with Crippen LogP contribution in [-0.4, -0.2) is 61.9 Å². The third-order valence-corrected chi connectivity index (χ3v) is 3.41. The summed E-state index contributed by atoms with van der Waals surface area (Å²) in [6.07, 6.45) is 2.64. The second kappa shape index (κ2) is 8.87. The van der Waals surface area contributed by atoms with Crippen molar-refractivity contribution in [3.8, 4) is 0 Å². The van der Waals surface area contributed by atoms with Gasteiger partial charge in [0.1, 0.15) is 0 Å². The Bertz CT molecular complexity index is 229. The quantitative estimate of drug-likeness (QED) is 0.543. The molecule has 1 fully saturated rings. The summed E-state index contributed by atoms with van der Waals surface area (Å²) in [5.41, 5.74) is 0.0486. The summed E-state index contributed by atoms with van der Waals surface area (Å²) in [5, 5.41) is 21.9. The average Bonchev–Trinajstić information content (AvgIpc) is 2.81. The van der Waals surface area contributed by atoms with E-state index in [1.807, 2.05) is 0 Å². The predicted molar refractivity (Wildman–Crippen MR) is 74.2 cm³/mol. The molecule has 0 amide bonds. The van der Waals surface area contributed by atoms with Gasteiger partial charge in [0.15, 0.2) is 0 Å². The summed E-state index contributed by atoms with van der Waals surface area (Å²) in [5.74, 6) is 0. The maximum atomic E-state index is 9.77. The Kier molecular flexibility index (Phi) is 7.87. The monoisotopic (exact) mass is 275 g/mol. The molecule has 1 aliphatic heterocycles. The number of aliphatic hydroxyl groups excluding tert-OH is 2. The van der Waals surface area contributed by atoms with Crippen molar-refractivity contribution in [3.05, 3.63) is 0 Å². The van der Waals surface area contributed by atoms with Gasteiger partial charge in [-0.15, -0.1) is 0 Å². The highest BCUT2D eigenvalue weighted by Gasteiger charge is 2.18. The van der Waals surface area contributed by atoms with E-state index < -0.39 is 6.10 Å². The van der Waals surface area contributed by atoms with Crippen LogP contribution in [-0.2, 0) is 9.47 Å². The molecule has 1 rings (SSSR count). The molecule has 0 aliphatic carbocycles. The van der Waals surface area contributed by atoms with Crippen molar-refractivity contribution in [1.29, 1.82) is 0 Å². The first-order valence-electron chi connectivity index (χ1n) is 7.22. The van der Waals surface area contributed by atoms with E-state index in [1.54, 1.807) is 0 Å². The Morgan fingerprint density at radius 3 is 2.89 bits per heavy atom. The first-order chi connectivity index (χ1) is 9.03. The summed E-state index contributed by atoms with van der Waals surface area (Å²) >= 11 is 0. The normalized spacial score (nSPS) is 21.8. The van der Waals surface area contributed by atoms with Crippen molar-refractivity contribution in [2.45, 2.75) is 45.3 Å². The fourth-order valence-corrected chi connectivity index (χ4v) is 2.14. The van der Waals surface area contributed by atoms with Crippen molar-refractivity contribution in [3.63, 3.8) is 0 Å². The Labute approximate surface area is 116 Å². The summed E-state index contributed by atoms with van der Waals surface area (Å²) in [6.45, 7) is 7.42. The smallest absolute Gasteiger partial charge is 0.0897 e. The first kappa shape index (κ1) is 16.9. The van der Waals surface area contributed by atoms with Gasteiger partial charge in [0.2, 0.25) is 0 Å². The Balaban J connectivity index is 1.99. The lowest BCUT2D eigenvalue weighted by atomic mass is 9.90. The molecule has 0 aromatic carbocycles. The lowest BCUT2D eigenvalue weighted by Crippen LogP contribution is -2.37. The molecule has 0 bridgehead atoms. The van der Waals surface area contributed by atoms with Crippen molar-refractivity contribution in [1.82, 2.24) is 5.32 Å². The molecule has 19 heavy (non-hydrogen) atoms. The van der Waals surface area contributed by atoms with E-state index in [9.17, 15) is 5.11 Å². The fraction of sp³-hybridized carbons (Fsp3) is 1.00. The molecule has 0 radical (unpaired) electrons. The Hall–Kier alpha value is -0.200. The number of hydrogen-bond acceptors (Lipinski definition) is 5. The zero-order valence-electron chi connectivity index (χ0n) is 12.2. The maximum Gasteiger partial charge on any atom is 0.0897 e. The van der Waals surface area contributed by atoms with Crippen molar-refractivity contribution < 1.29 is 19.7 Å². The average molecular weight is 275 g/mol.